The van der Waals surface area contributed by atoms with Gasteiger partial charge in [0.25, 0.3) is 0 Å². The van der Waals surface area contributed by atoms with Crippen molar-refractivity contribution in [3.8, 4) is 0 Å². The number of ether oxygens (including phenoxy) is 1. The Labute approximate surface area is 105 Å². The van der Waals surface area contributed by atoms with Crippen LogP contribution < -0.4 is 0 Å². The van der Waals surface area contributed by atoms with Crippen LogP contribution in [0.3, 0.4) is 0 Å². The lowest BCUT2D eigenvalue weighted by Crippen LogP contribution is -2.10. The van der Waals surface area contributed by atoms with E-state index in [0.717, 1.165) is 0 Å². The molecule has 5 nitrogen and oxygen atoms in total. The van der Waals surface area contributed by atoms with Crippen LogP contribution in [0.4, 0.5) is 0 Å². The zero-order valence-electron chi connectivity index (χ0n) is 10.5. The largest absolute Gasteiger partial charge is 0.478 e. The number of carboxylic acid groups (broad SMARTS) is 1. The van der Waals surface area contributed by atoms with Gasteiger partial charge in [-0.15, -0.1) is 0 Å². The average molecular weight is 249 g/mol. The average Bonchev–Trinajstić information content (AvgIpc) is 2.35. The smallest absolute Gasteiger partial charge is 0.339 e. The summed E-state index contributed by atoms with van der Waals surface area (Å²) in [6.45, 7) is 0. The van der Waals surface area contributed by atoms with Crippen LogP contribution in [0.25, 0.3) is 5.57 Å². The van der Waals surface area contributed by atoms with E-state index in [0.29, 0.717) is 11.1 Å². The van der Waals surface area contributed by atoms with E-state index in [4.69, 9.17) is 9.84 Å². The van der Waals surface area contributed by atoms with Crippen molar-refractivity contribution in [1.82, 2.24) is 4.90 Å². The summed E-state index contributed by atoms with van der Waals surface area (Å²) in [4.78, 5) is 24.1. The lowest BCUT2D eigenvalue weighted by atomic mass is 10.0. The summed E-state index contributed by atoms with van der Waals surface area (Å²) >= 11 is 0. The first-order valence-corrected chi connectivity index (χ1v) is 5.26. The van der Waals surface area contributed by atoms with Crippen LogP contribution in [-0.2, 0) is 9.53 Å². The molecule has 1 N–H and O–H groups in total. The van der Waals surface area contributed by atoms with E-state index in [1.54, 1.807) is 37.3 Å². The fourth-order valence-corrected chi connectivity index (χ4v) is 1.41. The minimum Gasteiger partial charge on any atom is -0.478 e. The van der Waals surface area contributed by atoms with Crippen molar-refractivity contribution in [2.75, 3.05) is 21.2 Å². The van der Waals surface area contributed by atoms with Crippen LogP contribution in [-0.4, -0.2) is 43.2 Å². The van der Waals surface area contributed by atoms with Gasteiger partial charge in [-0.05, 0) is 17.7 Å². The molecule has 0 saturated carbocycles. The number of hydrogen-bond acceptors (Lipinski definition) is 4. The first kappa shape index (κ1) is 13.8. The van der Waals surface area contributed by atoms with Gasteiger partial charge in [0.15, 0.2) is 0 Å². The van der Waals surface area contributed by atoms with E-state index >= 15 is 0 Å². The number of aromatic carboxylic acids is 1. The van der Waals surface area contributed by atoms with Gasteiger partial charge in [0.2, 0.25) is 0 Å². The molecule has 1 rings (SSSR count). The highest BCUT2D eigenvalue weighted by molar-refractivity contribution is 6.16. The highest BCUT2D eigenvalue weighted by atomic mass is 16.5. The summed E-state index contributed by atoms with van der Waals surface area (Å²) in [5.41, 5.74) is 1.16. The molecule has 0 aliphatic carbocycles. The van der Waals surface area contributed by atoms with Crippen LogP contribution in [0.5, 0.6) is 0 Å². The Kier molecular flexibility index (Phi) is 4.48. The Morgan fingerprint density at radius 3 is 2.06 bits per heavy atom. The van der Waals surface area contributed by atoms with Crippen LogP contribution in [0, 0.1) is 0 Å². The molecule has 1 aromatic rings. The molecule has 96 valence electrons. The van der Waals surface area contributed by atoms with Gasteiger partial charge in [0.1, 0.15) is 0 Å². The number of carboxylic acids is 1. The molecule has 5 heteroatoms. The molecular formula is C13H15NO4. The molecule has 0 radical (unpaired) electrons. The second-order valence-corrected chi connectivity index (χ2v) is 3.88. The Bertz CT molecular complexity index is 474. The van der Waals surface area contributed by atoms with E-state index in [-0.39, 0.29) is 5.56 Å². The van der Waals surface area contributed by atoms with Crippen molar-refractivity contribution < 1.29 is 19.4 Å². The van der Waals surface area contributed by atoms with Crippen LogP contribution in [0.1, 0.15) is 15.9 Å². The number of rotatable bonds is 4. The third kappa shape index (κ3) is 3.35. The van der Waals surface area contributed by atoms with E-state index in [9.17, 15) is 9.59 Å². The Hall–Kier alpha value is -2.30. The molecule has 1 aromatic carbocycles. The molecule has 0 aliphatic rings. The SMILES string of the molecule is COC(=O)C(=CN(C)C)c1ccc(C(=O)O)cc1. The molecule has 0 bridgehead atoms. The highest BCUT2D eigenvalue weighted by Gasteiger charge is 2.13. The summed E-state index contributed by atoms with van der Waals surface area (Å²) in [6, 6.07) is 6.06. The van der Waals surface area contributed by atoms with E-state index in [1.165, 1.54) is 19.2 Å². The van der Waals surface area contributed by atoms with Crippen molar-refractivity contribution in [3.63, 3.8) is 0 Å². The number of methoxy groups -OCH3 is 1. The van der Waals surface area contributed by atoms with Crippen molar-refractivity contribution >= 4 is 17.5 Å². The van der Waals surface area contributed by atoms with Gasteiger partial charge in [-0.3, -0.25) is 0 Å². The zero-order chi connectivity index (χ0) is 13.7. The predicted molar refractivity (Wildman–Crippen MR) is 67.1 cm³/mol. The molecule has 0 atom stereocenters. The quantitative estimate of drug-likeness (QED) is 0.646. The van der Waals surface area contributed by atoms with Gasteiger partial charge >= 0.3 is 11.9 Å². The number of carbonyl (C=O) groups excluding carboxylic acids is 1. The molecule has 0 fully saturated rings. The second kappa shape index (κ2) is 5.86. The molecule has 18 heavy (non-hydrogen) atoms. The number of carbonyl (C=O) groups is 2. The third-order valence-electron chi connectivity index (χ3n) is 2.24. The molecule has 0 aliphatic heterocycles. The highest BCUT2D eigenvalue weighted by Crippen LogP contribution is 2.17. The van der Waals surface area contributed by atoms with Crippen molar-refractivity contribution in [2.45, 2.75) is 0 Å². The number of benzene rings is 1. The van der Waals surface area contributed by atoms with Crippen molar-refractivity contribution in [1.29, 1.82) is 0 Å². The molecule has 0 heterocycles. The Balaban J connectivity index is 3.14. The minimum absolute atomic E-state index is 0.174. The van der Waals surface area contributed by atoms with Crippen LogP contribution >= 0.6 is 0 Å². The normalized spacial score (nSPS) is 10.9. The summed E-state index contributed by atoms with van der Waals surface area (Å²) in [7, 11) is 4.88. The fraction of sp³-hybridized carbons (Fsp3) is 0.231. The topological polar surface area (TPSA) is 66.8 Å². The van der Waals surface area contributed by atoms with E-state index in [2.05, 4.69) is 0 Å². The predicted octanol–water partition coefficient (Wildman–Crippen LogP) is 1.46. The van der Waals surface area contributed by atoms with Crippen LogP contribution in [0.15, 0.2) is 30.5 Å². The summed E-state index contributed by atoms with van der Waals surface area (Å²) in [6.07, 6.45) is 1.63. The Morgan fingerprint density at radius 1 is 1.17 bits per heavy atom. The molecule has 0 unspecified atom stereocenters. The summed E-state index contributed by atoms with van der Waals surface area (Å²) < 4.78 is 4.70. The molecule has 0 aromatic heterocycles. The van der Waals surface area contributed by atoms with Crippen molar-refractivity contribution in [2.24, 2.45) is 0 Å². The van der Waals surface area contributed by atoms with Gasteiger partial charge in [-0.25, -0.2) is 9.59 Å². The lowest BCUT2D eigenvalue weighted by Gasteiger charge is -2.10. The second-order valence-electron chi connectivity index (χ2n) is 3.88. The maximum atomic E-state index is 11.6. The first-order chi connectivity index (χ1) is 8.45. The van der Waals surface area contributed by atoms with Gasteiger partial charge < -0.3 is 14.7 Å². The third-order valence-corrected chi connectivity index (χ3v) is 2.24. The lowest BCUT2D eigenvalue weighted by molar-refractivity contribution is -0.133. The van der Waals surface area contributed by atoms with E-state index < -0.39 is 11.9 Å². The number of hydrogen-bond donors (Lipinski definition) is 1. The molecule has 0 amide bonds. The van der Waals surface area contributed by atoms with Gasteiger partial charge in [0, 0.05) is 20.3 Å². The van der Waals surface area contributed by atoms with E-state index in [1.807, 2.05) is 0 Å². The Morgan fingerprint density at radius 2 is 1.67 bits per heavy atom. The fourth-order valence-electron chi connectivity index (χ4n) is 1.41. The first-order valence-electron chi connectivity index (χ1n) is 5.26. The summed E-state index contributed by atoms with van der Waals surface area (Å²) in [5.74, 6) is -1.47. The molecule has 0 saturated heterocycles. The van der Waals surface area contributed by atoms with Crippen LogP contribution in [0.2, 0.25) is 0 Å². The molecule has 0 spiro atoms. The maximum absolute atomic E-state index is 11.6. The van der Waals surface area contributed by atoms with Gasteiger partial charge in [-0.2, -0.15) is 0 Å². The monoisotopic (exact) mass is 249 g/mol. The number of nitrogens with zero attached hydrogens (tertiary/aromatic N) is 1. The zero-order valence-corrected chi connectivity index (χ0v) is 10.5. The minimum atomic E-state index is -1.00. The molecular weight excluding hydrogens is 234 g/mol. The van der Waals surface area contributed by atoms with Crippen molar-refractivity contribution in [3.05, 3.63) is 41.6 Å². The van der Waals surface area contributed by atoms with Gasteiger partial charge in [-0.1, -0.05) is 12.1 Å². The van der Waals surface area contributed by atoms with Gasteiger partial charge in [0.05, 0.1) is 18.2 Å². The maximum Gasteiger partial charge on any atom is 0.339 e. The summed E-state index contributed by atoms with van der Waals surface area (Å²) in [5, 5.41) is 8.80. The standard InChI is InChI=1S/C13H15NO4/c1-14(2)8-11(13(17)18-3)9-4-6-10(7-5-9)12(15)16/h4-8H,1-3H3,(H,15,16). The number of esters is 1.